The van der Waals surface area contributed by atoms with E-state index in [1.54, 1.807) is 0 Å². The lowest BCUT2D eigenvalue weighted by Crippen LogP contribution is -2.34. The van der Waals surface area contributed by atoms with Crippen LogP contribution >= 0.6 is 0 Å². The van der Waals surface area contributed by atoms with Crippen LogP contribution in [0.4, 0.5) is 0 Å². The van der Waals surface area contributed by atoms with E-state index in [9.17, 15) is 9.59 Å². The molecule has 0 aromatic heterocycles. The number of carbonyl (C=O) groups is 2. The van der Waals surface area contributed by atoms with Crippen molar-refractivity contribution in [3.8, 4) is 0 Å². The Balaban J connectivity index is 1.78. The van der Waals surface area contributed by atoms with Crippen LogP contribution in [0.15, 0.2) is 0 Å². The van der Waals surface area contributed by atoms with Crippen molar-refractivity contribution in [2.45, 2.75) is 91.1 Å². The van der Waals surface area contributed by atoms with Gasteiger partial charge in [0.2, 0.25) is 5.78 Å². The van der Waals surface area contributed by atoms with E-state index in [-0.39, 0.29) is 17.8 Å². The summed E-state index contributed by atoms with van der Waals surface area (Å²) >= 11 is 0. The lowest BCUT2D eigenvalue weighted by molar-refractivity contribution is -0.161. The molecule has 2 rings (SSSR count). The fraction of sp³-hybridized carbons (Fsp3) is 0.895. The number of carbonyl (C=O) groups excluding carboxylic acids is 2. The number of ether oxygens (including phenoxy) is 1. The topological polar surface area (TPSA) is 43.4 Å². The van der Waals surface area contributed by atoms with Gasteiger partial charge in [-0.3, -0.25) is 4.79 Å². The smallest absolute Gasteiger partial charge is 0.375 e. The van der Waals surface area contributed by atoms with Crippen molar-refractivity contribution >= 4 is 11.8 Å². The van der Waals surface area contributed by atoms with E-state index < -0.39 is 5.97 Å². The Bertz CT molecular complexity index is 385. The first-order valence-corrected chi connectivity index (χ1v) is 9.19. The number of esters is 1. The molecule has 126 valence electrons. The minimum absolute atomic E-state index is 0.0380. The lowest BCUT2D eigenvalue weighted by Gasteiger charge is -2.38. The zero-order valence-electron chi connectivity index (χ0n) is 14.5. The number of rotatable bonds is 5. The Morgan fingerprint density at radius 3 is 2.09 bits per heavy atom. The molecule has 0 unspecified atom stereocenters. The molecule has 0 N–H and O–H groups in total. The van der Waals surface area contributed by atoms with E-state index in [0.29, 0.717) is 11.3 Å². The second-order valence-corrected chi connectivity index (χ2v) is 7.92. The SMILES string of the molecule is CCC(C)(C)C1CCC(OC(=O)C(=O)C2CCCCC2)CC1. The van der Waals surface area contributed by atoms with Gasteiger partial charge in [0.25, 0.3) is 0 Å². The van der Waals surface area contributed by atoms with E-state index in [1.807, 2.05) is 0 Å². The highest BCUT2D eigenvalue weighted by Gasteiger charge is 2.35. The lowest BCUT2D eigenvalue weighted by atomic mass is 9.69. The summed E-state index contributed by atoms with van der Waals surface area (Å²) in [4.78, 5) is 24.2. The minimum Gasteiger partial charge on any atom is -0.457 e. The van der Waals surface area contributed by atoms with Crippen molar-refractivity contribution < 1.29 is 14.3 Å². The second-order valence-electron chi connectivity index (χ2n) is 7.92. The van der Waals surface area contributed by atoms with E-state index in [1.165, 1.54) is 12.8 Å². The van der Waals surface area contributed by atoms with Gasteiger partial charge in [-0.1, -0.05) is 46.5 Å². The van der Waals surface area contributed by atoms with E-state index in [4.69, 9.17) is 4.74 Å². The summed E-state index contributed by atoms with van der Waals surface area (Å²) in [5, 5.41) is 0. The molecule has 22 heavy (non-hydrogen) atoms. The molecule has 0 saturated heterocycles. The summed E-state index contributed by atoms with van der Waals surface area (Å²) in [5.41, 5.74) is 0.368. The number of ketones is 1. The summed E-state index contributed by atoms with van der Waals surface area (Å²) in [6.45, 7) is 6.90. The van der Waals surface area contributed by atoms with Crippen LogP contribution in [0, 0.1) is 17.3 Å². The van der Waals surface area contributed by atoms with Crippen molar-refractivity contribution in [3.05, 3.63) is 0 Å². The first-order chi connectivity index (χ1) is 10.4. The van der Waals surface area contributed by atoms with Crippen LogP contribution in [0.2, 0.25) is 0 Å². The zero-order valence-corrected chi connectivity index (χ0v) is 14.5. The Labute approximate surface area is 135 Å². The predicted octanol–water partition coefficient (Wildman–Crippen LogP) is 4.67. The van der Waals surface area contributed by atoms with Crippen molar-refractivity contribution in [1.29, 1.82) is 0 Å². The van der Waals surface area contributed by atoms with Crippen molar-refractivity contribution in [2.24, 2.45) is 17.3 Å². The van der Waals surface area contributed by atoms with Crippen LogP contribution < -0.4 is 0 Å². The van der Waals surface area contributed by atoms with Gasteiger partial charge in [0, 0.05) is 5.92 Å². The Morgan fingerprint density at radius 1 is 0.955 bits per heavy atom. The van der Waals surface area contributed by atoms with Crippen LogP contribution in [-0.2, 0) is 14.3 Å². The summed E-state index contributed by atoms with van der Waals surface area (Å²) in [6.07, 6.45) is 10.3. The highest BCUT2D eigenvalue weighted by Crippen LogP contribution is 2.41. The maximum atomic E-state index is 12.2. The molecule has 0 aliphatic heterocycles. The van der Waals surface area contributed by atoms with Gasteiger partial charge in [0.15, 0.2) is 0 Å². The van der Waals surface area contributed by atoms with E-state index in [2.05, 4.69) is 20.8 Å². The van der Waals surface area contributed by atoms with Gasteiger partial charge >= 0.3 is 5.97 Å². The molecule has 0 bridgehead atoms. The highest BCUT2D eigenvalue weighted by molar-refractivity contribution is 6.34. The van der Waals surface area contributed by atoms with Crippen LogP contribution in [0.1, 0.15) is 85.0 Å². The molecule has 0 aromatic carbocycles. The number of hydrogen-bond donors (Lipinski definition) is 0. The Hall–Kier alpha value is -0.860. The third kappa shape index (κ3) is 4.33. The third-order valence-corrected chi connectivity index (χ3v) is 6.14. The number of hydrogen-bond acceptors (Lipinski definition) is 3. The molecule has 0 amide bonds. The fourth-order valence-electron chi connectivity index (χ4n) is 3.99. The largest absolute Gasteiger partial charge is 0.457 e. The molecule has 2 fully saturated rings. The molecular formula is C19H32O3. The molecule has 3 nitrogen and oxygen atoms in total. The molecular weight excluding hydrogens is 276 g/mol. The summed E-state index contributed by atoms with van der Waals surface area (Å²) in [7, 11) is 0. The van der Waals surface area contributed by atoms with Crippen molar-refractivity contribution in [2.75, 3.05) is 0 Å². The Kier molecular flexibility index (Phi) is 6.05. The van der Waals surface area contributed by atoms with E-state index in [0.717, 1.165) is 51.4 Å². The quantitative estimate of drug-likeness (QED) is 0.547. The molecule has 2 aliphatic carbocycles. The molecule has 0 heterocycles. The fourth-order valence-corrected chi connectivity index (χ4v) is 3.99. The van der Waals surface area contributed by atoms with Gasteiger partial charge in [-0.2, -0.15) is 0 Å². The third-order valence-electron chi connectivity index (χ3n) is 6.14. The molecule has 3 heteroatoms. The molecule has 0 atom stereocenters. The van der Waals surface area contributed by atoms with Crippen LogP contribution in [0.25, 0.3) is 0 Å². The zero-order chi connectivity index (χ0) is 16.2. The highest BCUT2D eigenvalue weighted by atomic mass is 16.5. The standard InChI is InChI=1S/C19H32O3/c1-4-19(2,3)15-10-12-16(13-11-15)22-18(21)17(20)14-8-6-5-7-9-14/h14-16H,4-13H2,1-3H3. The van der Waals surface area contributed by atoms with Crippen molar-refractivity contribution in [3.63, 3.8) is 0 Å². The van der Waals surface area contributed by atoms with Crippen LogP contribution in [-0.4, -0.2) is 17.9 Å². The summed E-state index contributed by atoms with van der Waals surface area (Å²) in [6, 6.07) is 0. The van der Waals surface area contributed by atoms with Gasteiger partial charge in [-0.25, -0.2) is 4.79 Å². The molecule has 0 spiro atoms. The first kappa shape index (κ1) is 17.5. The Morgan fingerprint density at radius 2 is 1.55 bits per heavy atom. The average molecular weight is 308 g/mol. The molecule has 2 saturated carbocycles. The minimum atomic E-state index is -0.565. The monoisotopic (exact) mass is 308 g/mol. The summed E-state index contributed by atoms with van der Waals surface area (Å²) in [5.74, 6) is -0.195. The predicted molar refractivity (Wildman–Crippen MR) is 87.5 cm³/mol. The average Bonchev–Trinajstić information content (AvgIpc) is 2.55. The molecule has 2 aliphatic rings. The first-order valence-electron chi connectivity index (χ1n) is 9.19. The summed E-state index contributed by atoms with van der Waals surface area (Å²) < 4.78 is 5.51. The van der Waals surface area contributed by atoms with Gasteiger partial charge < -0.3 is 4.74 Å². The number of Topliss-reactive ketones (excluding diaryl/α,β-unsaturated/α-hetero) is 1. The van der Waals surface area contributed by atoms with Gasteiger partial charge in [-0.05, 0) is 49.9 Å². The molecule has 0 radical (unpaired) electrons. The van der Waals surface area contributed by atoms with Crippen molar-refractivity contribution in [1.82, 2.24) is 0 Å². The second kappa shape index (κ2) is 7.61. The van der Waals surface area contributed by atoms with Gasteiger partial charge in [0.1, 0.15) is 6.10 Å². The normalized spacial score (nSPS) is 27.4. The molecule has 0 aromatic rings. The van der Waals surface area contributed by atoms with Gasteiger partial charge in [0.05, 0.1) is 0 Å². The van der Waals surface area contributed by atoms with E-state index >= 15 is 0 Å². The van der Waals surface area contributed by atoms with Gasteiger partial charge in [-0.15, -0.1) is 0 Å². The maximum Gasteiger partial charge on any atom is 0.375 e. The van der Waals surface area contributed by atoms with Crippen LogP contribution in [0.3, 0.4) is 0 Å². The maximum absolute atomic E-state index is 12.2. The van der Waals surface area contributed by atoms with Crippen LogP contribution in [0.5, 0.6) is 0 Å².